The van der Waals surface area contributed by atoms with Crippen molar-refractivity contribution in [2.75, 3.05) is 26.2 Å². The number of aromatic hydroxyl groups is 1. The number of thiophene rings is 1. The molecule has 3 aromatic rings. The van der Waals surface area contributed by atoms with Crippen molar-refractivity contribution in [2.45, 2.75) is 32.1 Å². The summed E-state index contributed by atoms with van der Waals surface area (Å²) in [5.41, 5.74) is 6.90. The molecular formula is C27H28ClNO2S. The summed E-state index contributed by atoms with van der Waals surface area (Å²) in [6.45, 7) is 4.19. The zero-order valence-corrected chi connectivity index (χ0v) is 19.7. The van der Waals surface area contributed by atoms with Crippen LogP contribution in [-0.4, -0.2) is 36.2 Å². The van der Waals surface area contributed by atoms with Crippen LogP contribution in [0.5, 0.6) is 11.5 Å². The van der Waals surface area contributed by atoms with Gasteiger partial charge >= 0.3 is 0 Å². The second-order valence-electron chi connectivity index (χ2n) is 8.77. The Labute approximate surface area is 199 Å². The Kier molecular flexibility index (Phi) is 6.02. The molecule has 1 saturated heterocycles. The van der Waals surface area contributed by atoms with Gasteiger partial charge in [-0.05, 0) is 97.8 Å². The summed E-state index contributed by atoms with van der Waals surface area (Å²) >= 11 is 1.81. The summed E-state index contributed by atoms with van der Waals surface area (Å²) in [5.74, 6) is 1.29. The van der Waals surface area contributed by atoms with Crippen molar-refractivity contribution in [2.24, 2.45) is 0 Å². The van der Waals surface area contributed by atoms with E-state index >= 15 is 0 Å². The summed E-state index contributed by atoms with van der Waals surface area (Å²) in [5, 5.41) is 11.2. The fraction of sp³-hybridized carbons (Fsp3) is 0.333. The maximum atomic E-state index is 9.97. The molecule has 5 heteroatoms. The maximum absolute atomic E-state index is 9.97. The van der Waals surface area contributed by atoms with Crippen molar-refractivity contribution in [3.8, 4) is 11.5 Å². The summed E-state index contributed by atoms with van der Waals surface area (Å²) in [7, 11) is 0. The van der Waals surface area contributed by atoms with Crippen molar-refractivity contribution in [3.05, 3.63) is 70.1 Å². The van der Waals surface area contributed by atoms with E-state index in [9.17, 15) is 5.11 Å². The summed E-state index contributed by atoms with van der Waals surface area (Å²) < 4.78 is 7.20. The van der Waals surface area contributed by atoms with E-state index in [0.29, 0.717) is 5.75 Å². The number of likely N-dealkylation sites (tertiary alicyclic amines) is 1. The van der Waals surface area contributed by atoms with Crippen LogP contribution >= 0.6 is 23.7 Å². The van der Waals surface area contributed by atoms with E-state index in [0.717, 1.165) is 36.4 Å². The molecule has 1 fully saturated rings. The van der Waals surface area contributed by atoms with Crippen LogP contribution in [0.1, 0.15) is 48.1 Å². The minimum atomic E-state index is 0. The molecule has 0 saturated carbocycles. The Morgan fingerprint density at radius 1 is 1.00 bits per heavy atom. The topological polar surface area (TPSA) is 32.7 Å². The predicted octanol–water partition coefficient (Wildman–Crippen LogP) is 6.89. The third-order valence-electron chi connectivity index (χ3n) is 6.79. The van der Waals surface area contributed by atoms with Crippen molar-refractivity contribution >= 4 is 45.0 Å². The van der Waals surface area contributed by atoms with Gasteiger partial charge in [-0.3, -0.25) is 4.90 Å². The molecule has 166 valence electrons. The Bertz CT molecular complexity index is 1200. The molecule has 0 bridgehead atoms. The molecular weight excluding hydrogens is 438 g/mol. The van der Waals surface area contributed by atoms with Crippen LogP contribution in [0.2, 0.25) is 0 Å². The number of ether oxygens (including phenoxy) is 1. The first-order valence-corrected chi connectivity index (χ1v) is 12.2. The largest absolute Gasteiger partial charge is 0.508 e. The van der Waals surface area contributed by atoms with E-state index in [2.05, 4.69) is 41.3 Å². The number of benzene rings is 2. The normalized spacial score (nSPS) is 17.8. The second-order valence-corrected chi connectivity index (χ2v) is 9.82. The quantitative estimate of drug-likeness (QED) is 0.445. The molecule has 6 rings (SSSR count). The monoisotopic (exact) mass is 465 g/mol. The lowest BCUT2D eigenvalue weighted by Crippen LogP contribution is -2.25. The lowest BCUT2D eigenvalue weighted by atomic mass is 9.91. The van der Waals surface area contributed by atoms with Gasteiger partial charge < -0.3 is 9.84 Å². The Morgan fingerprint density at radius 2 is 1.81 bits per heavy atom. The van der Waals surface area contributed by atoms with Crippen LogP contribution < -0.4 is 4.74 Å². The van der Waals surface area contributed by atoms with Gasteiger partial charge in [0.2, 0.25) is 0 Å². The highest BCUT2D eigenvalue weighted by Crippen LogP contribution is 2.54. The Hall–Kier alpha value is -2.27. The van der Waals surface area contributed by atoms with Gasteiger partial charge in [0.15, 0.2) is 0 Å². The van der Waals surface area contributed by atoms with Crippen LogP contribution in [0.15, 0.2) is 54.1 Å². The predicted molar refractivity (Wildman–Crippen MR) is 136 cm³/mol. The van der Waals surface area contributed by atoms with Crippen molar-refractivity contribution < 1.29 is 9.84 Å². The molecule has 0 amide bonds. The summed E-state index contributed by atoms with van der Waals surface area (Å²) in [6, 6.07) is 14.5. The molecule has 3 nitrogen and oxygen atoms in total. The maximum Gasteiger partial charge on any atom is 0.119 e. The van der Waals surface area contributed by atoms with Crippen molar-refractivity contribution in [3.63, 3.8) is 0 Å². The molecule has 2 heterocycles. The van der Waals surface area contributed by atoms with Crippen molar-refractivity contribution in [1.82, 2.24) is 4.90 Å². The van der Waals surface area contributed by atoms with Gasteiger partial charge in [-0.2, -0.15) is 0 Å². The van der Waals surface area contributed by atoms with E-state index in [1.165, 1.54) is 70.5 Å². The first kappa shape index (κ1) is 21.6. The number of halogens is 1. The van der Waals surface area contributed by atoms with Gasteiger partial charge in [0.05, 0.1) is 0 Å². The molecule has 0 atom stereocenters. The Morgan fingerprint density at radius 3 is 2.62 bits per heavy atom. The zero-order valence-electron chi connectivity index (χ0n) is 18.1. The molecule has 3 aliphatic rings. The fourth-order valence-corrected chi connectivity index (χ4v) is 6.59. The van der Waals surface area contributed by atoms with E-state index in [-0.39, 0.29) is 12.4 Å². The first-order chi connectivity index (χ1) is 15.3. The number of hydrogen-bond acceptors (Lipinski definition) is 4. The SMILES string of the molecule is Cl.Oc1ccc2c3c(sc2c1)C1=CCCCC1=C3c1ccc(OCCN2CCCC2)cc1. The lowest BCUT2D eigenvalue weighted by molar-refractivity contribution is 0.238. The second kappa shape index (κ2) is 8.93. The standard InChI is InChI=1S/C27H27NO2S.ClH/c29-19-9-12-23-24(17-19)31-27-22-6-2-1-5-21(22)25(26(23)27)18-7-10-20(11-8-18)30-16-15-28-13-3-4-14-28;/h6-12,17,29H,1-5,13-16H2;1H. The third-order valence-corrected chi connectivity index (χ3v) is 7.98. The van der Waals surface area contributed by atoms with Crippen LogP contribution in [0.25, 0.3) is 21.2 Å². The highest BCUT2D eigenvalue weighted by molar-refractivity contribution is 7.20. The van der Waals surface area contributed by atoms with Gasteiger partial charge in [-0.1, -0.05) is 18.2 Å². The van der Waals surface area contributed by atoms with E-state index in [1.807, 2.05) is 23.5 Å². The highest BCUT2D eigenvalue weighted by Gasteiger charge is 2.32. The smallest absolute Gasteiger partial charge is 0.119 e. The molecule has 0 radical (unpaired) electrons. The highest BCUT2D eigenvalue weighted by atomic mass is 35.5. The van der Waals surface area contributed by atoms with Crippen LogP contribution in [0.3, 0.4) is 0 Å². The molecule has 1 aliphatic heterocycles. The van der Waals surface area contributed by atoms with E-state index in [4.69, 9.17) is 4.74 Å². The van der Waals surface area contributed by atoms with Gasteiger partial charge in [-0.25, -0.2) is 0 Å². The van der Waals surface area contributed by atoms with Crippen LogP contribution in [0, 0.1) is 0 Å². The molecule has 32 heavy (non-hydrogen) atoms. The number of phenolic OH excluding ortho intramolecular Hbond substituents is 1. The number of rotatable bonds is 5. The van der Waals surface area contributed by atoms with Gasteiger partial charge in [0.25, 0.3) is 0 Å². The summed E-state index contributed by atoms with van der Waals surface area (Å²) in [6.07, 6.45) is 8.55. The first-order valence-electron chi connectivity index (χ1n) is 11.4. The summed E-state index contributed by atoms with van der Waals surface area (Å²) in [4.78, 5) is 3.85. The number of fused-ring (bicyclic) bond motifs is 5. The molecule has 1 N–H and O–H groups in total. The molecule has 0 spiro atoms. The average molecular weight is 466 g/mol. The third kappa shape index (κ3) is 3.75. The number of hydrogen-bond donors (Lipinski definition) is 1. The molecule has 2 aromatic carbocycles. The van der Waals surface area contributed by atoms with Gasteiger partial charge in [-0.15, -0.1) is 23.7 Å². The number of phenols is 1. The van der Waals surface area contributed by atoms with Crippen LogP contribution in [0.4, 0.5) is 0 Å². The van der Waals surface area contributed by atoms with E-state index < -0.39 is 0 Å². The minimum Gasteiger partial charge on any atom is -0.508 e. The molecule has 0 unspecified atom stereocenters. The number of allylic oxidation sites excluding steroid dienone is 3. The molecule has 1 aromatic heterocycles. The Balaban J connectivity index is 0.00000216. The van der Waals surface area contributed by atoms with Gasteiger partial charge in [0.1, 0.15) is 18.1 Å². The van der Waals surface area contributed by atoms with Crippen molar-refractivity contribution in [1.29, 1.82) is 0 Å². The average Bonchev–Trinajstić information content (AvgIpc) is 3.50. The van der Waals surface area contributed by atoms with Crippen LogP contribution in [-0.2, 0) is 0 Å². The fourth-order valence-electron chi connectivity index (χ4n) is 5.28. The minimum absolute atomic E-state index is 0. The van der Waals surface area contributed by atoms with E-state index in [1.54, 1.807) is 0 Å². The van der Waals surface area contributed by atoms with Gasteiger partial charge in [0, 0.05) is 27.1 Å². The lowest BCUT2D eigenvalue weighted by Gasteiger charge is -2.16. The molecule has 2 aliphatic carbocycles. The zero-order chi connectivity index (χ0) is 20.8. The number of nitrogens with zero attached hydrogens (tertiary/aromatic N) is 1.